The highest BCUT2D eigenvalue weighted by Gasteiger charge is 1.96. The first-order valence-electron chi connectivity index (χ1n) is 3.04. The average Bonchev–Trinajstić information content (AvgIpc) is 2.34. The van der Waals surface area contributed by atoms with Crippen molar-refractivity contribution in [1.82, 2.24) is 9.97 Å². The Kier molecular flexibility index (Phi) is 0.917. The minimum atomic E-state index is 0.753. The van der Waals surface area contributed by atoms with Gasteiger partial charge in [-0.25, -0.2) is 0 Å². The topological polar surface area (TPSA) is 54.7 Å². The van der Waals surface area contributed by atoms with Crippen LogP contribution >= 0.6 is 0 Å². The third-order valence-corrected chi connectivity index (χ3v) is 1.52. The van der Waals surface area contributed by atoms with E-state index in [0.29, 0.717) is 0 Å². The minimum Gasteiger partial charge on any atom is -0.397 e. The zero-order valence-corrected chi connectivity index (χ0v) is 5.33. The van der Waals surface area contributed by atoms with Gasteiger partial charge < -0.3 is 10.7 Å². The van der Waals surface area contributed by atoms with E-state index in [1.54, 1.807) is 18.6 Å². The van der Waals surface area contributed by atoms with Crippen LogP contribution in [-0.4, -0.2) is 9.97 Å². The highest BCUT2D eigenvalue weighted by molar-refractivity contribution is 5.90. The first-order valence-corrected chi connectivity index (χ1v) is 3.04. The van der Waals surface area contributed by atoms with Crippen LogP contribution in [-0.2, 0) is 0 Å². The van der Waals surface area contributed by atoms with Crippen LogP contribution in [0, 0.1) is 0 Å². The molecule has 3 N–H and O–H groups in total. The molecular formula is C7H7N3. The molecule has 0 aromatic carbocycles. The zero-order valence-electron chi connectivity index (χ0n) is 5.33. The van der Waals surface area contributed by atoms with Crippen molar-refractivity contribution in [3.8, 4) is 0 Å². The van der Waals surface area contributed by atoms with Gasteiger partial charge in [-0.1, -0.05) is 0 Å². The lowest BCUT2D eigenvalue weighted by Crippen LogP contribution is -1.79. The van der Waals surface area contributed by atoms with Crippen LogP contribution in [0.4, 0.5) is 5.69 Å². The van der Waals surface area contributed by atoms with E-state index in [9.17, 15) is 0 Å². The van der Waals surface area contributed by atoms with Gasteiger partial charge in [0.1, 0.15) is 0 Å². The molecule has 0 spiro atoms. The molecule has 10 heavy (non-hydrogen) atoms. The van der Waals surface area contributed by atoms with Crippen molar-refractivity contribution in [3.63, 3.8) is 0 Å². The second-order valence-corrected chi connectivity index (χ2v) is 2.17. The lowest BCUT2D eigenvalue weighted by molar-refractivity contribution is 1.36. The molecule has 0 aliphatic carbocycles. The Morgan fingerprint density at radius 2 is 2.40 bits per heavy atom. The Hall–Kier alpha value is -1.51. The lowest BCUT2D eigenvalue weighted by Gasteiger charge is -1.86. The number of aromatic amines is 1. The summed E-state index contributed by atoms with van der Waals surface area (Å²) in [4.78, 5) is 6.97. The normalized spacial score (nSPS) is 10.4. The van der Waals surface area contributed by atoms with Gasteiger partial charge in [-0.05, 0) is 6.07 Å². The largest absolute Gasteiger partial charge is 0.397 e. The summed E-state index contributed by atoms with van der Waals surface area (Å²) in [5, 5.41) is 0.988. The van der Waals surface area contributed by atoms with E-state index >= 15 is 0 Å². The van der Waals surface area contributed by atoms with Crippen LogP contribution in [0.1, 0.15) is 0 Å². The monoisotopic (exact) mass is 133 g/mol. The first-order chi connectivity index (χ1) is 4.88. The standard InChI is InChI=1S/C7H7N3/c8-6-4-10-7-1-2-9-3-5(6)7/h1-4,10H,8H2. The van der Waals surface area contributed by atoms with Crippen LogP contribution < -0.4 is 5.73 Å². The number of aromatic nitrogens is 2. The van der Waals surface area contributed by atoms with E-state index in [2.05, 4.69) is 9.97 Å². The van der Waals surface area contributed by atoms with Crippen molar-refractivity contribution < 1.29 is 0 Å². The van der Waals surface area contributed by atoms with Gasteiger partial charge in [0, 0.05) is 24.0 Å². The zero-order chi connectivity index (χ0) is 6.97. The molecule has 0 fully saturated rings. The summed E-state index contributed by atoms with van der Waals surface area (Å²) in [5.41, 5.74) is 7.39. The molecule has 0 atom stereocenters. The molecule has 0 aliphatic heterocycles. The van der Waals surface area contributed by atoms with Gasteiger partial charge in [0.05, 0.1) is 11.2 Å². The fourth-order valence-electron chi connectivity index (χ4n) is 0.984. The van der Waals surface area contributed by atoms with Crippen molar-refractivity contribution in [3.05, 3.63) is 24.7 Å². The molecule has 3 heteroatoms. The summed E-state index contributed by atoms with van der Waals surface area (Å²) >= 11 is 0. The van der Waals surface area contributed by atoms with Crippen molar-refractivity contribution in [2.75, 3.05) is 5.73 Å². The number of nitrogens with one attached hydrogen (secondary N) is 1. The molecule has 0 radical (unpaired) electrons. The summed E-state index contributed by atoms with van der Waals surface area (Å²) in [6, 6.07) is 1.89. The van der Waals surface area contributed by atoms with Crippen LogP contribution in [0.5, 0.6) is 0 Å². The van der Waals surface area contributed by atoms with Crippen molar-refractivity contribution in [1.29, 1.82) is 0 Å². The molecule has 0 saturated carbocycles. The third-order valence-electron chi connectivity index (χ3n) is 1.52. The Morgan fingerprint density at radius 1 is 1.50 bits per heavy atom. The number of anilines is 1. The quantitative estimate of drug-likeness (QED) is 0.566. The molecule has 2 heterocycles. The predicted octanol–water partition coefficient (Wildman–Crippen LogP) is 1.15. The van der Waals surface area contributed by atoms with Crippen LogP contribution in [0.25, 0.3) is 10.9 Å². The molecule has 0 bridgehead atoms. The van der Waals surface area contributed by atoms with E-state index in [-0.39, 0.29) is 0 Å². The molecule has 2 aromatic heterocycles. The second kappa shape index (κ2) is 1.73. The molecule has 2 rings (SSSR count). The van der Waals surface area contributed by atoms with Gasteiger partial charge in [-0.15, -0.1) is 0 Å². The van der Waals surface area contributed by atoms with Gasteiger partial charge >= 0.3 is 0 Å². The van der Waals surface area contributed by atoms with Crippen LogP contribution in [0.2, 0.25) is 0 Å². The smallest absolute Gasteiger partial charge is 0.0587 e. The lowest BCUT2D eigenvalue weighted by atomic mass is 10.3. The third kappa shape index (κ3) is 0.572. The molecule has 0 aliphatic rings. The summed E-state index contributed by atoms with van der Waals surface area (Å²) in [6.07, 6.45) is 5.26. The maximum Gasteiger partial charge on any atom is 0.0587 e. The number of hydrogen-bond donors (Lipinski definition) is 2. The van der Waals surface area contributed by atoms with Crippen molar-refractivity contribution >= 4 is 16.6 Å². The van der Waals surface area contributed by atoms with E-state index in [4.69, 9.17) is 5.73 Å². The number of nitrogen functional groups attached to an aromatic ring is 1. The number of pyridine rings is 1. The maximum atomic E-state index is 5.60. The van der Waals surface area contributed by atoms with Gasteiger partial charge in [0.15, 0.2) is 0 Å². The van der Waals surface area contributed by atoms with Crippen molar-refractivity contribution in [2.24, 2.45) is 0 Å². The van der Waals surface area contributed by atoms with Crippen molar-refractivity contribution in [2.45, 2.75) is 0 Å². The van der Waals surface area contributed by atoms with E-state index < -0.39 is 0 Å². The van der Waals surface area contributed by atoms with Crippen LogP contribution in [0.15, 0.2) is 24.7 Å². The molecule has 0 saturated heterocycles. The Balaban J connectivity index is 2.93. The van der Waals surface area contributed by atoms with Gasteiger partial charge in [0.25, 0.3) is 0 Å². The summed E-state index contributed by atoms with van der Waals surface area (Å²) < 4.78 is 0. The minimum absolute atomic E-state index is 0.753. The molecule has 50 valence electrons. The Labute approximate surface area is 57.9 Å². The van der Waals surface area contributed by atoms with Gasteiger partial charge in [0.2, 0.25) is 0 Å². The molecular weight excluding hydrogens is 126 g/mol. The SMILES string of the molecule is Nc1c[nH]c2ccncc12. The molecule has 0 unspecified atom stereocenters. The highest BCUT2D eigenvalue weighted by Crippen LogP contribution is 2.17. The van der Waals surface area contributed by atoms with E-state index in [0.717, 1.165) is 16.6 Å². The van der Waals surface area contributed by atoms with E-state index in [1.807, 2.05) is 6.07 Å². The second-order valence-electron chi connectivity index (χ2n) is 2.17. The first kappa shape index (κ1) is 5.29. The van der Waals surface area contributed by atoms with E-state index in [1.165, 1.54) is 0 Å². The highest BCUT2D eigenvalue weighted by atomic mass is 14.8. The Morgan fingerprint density at radius 3 is 3.20 bits per heavy atom. The number of rotatable bonds is 0. The number of H-pyrrole nitrogens is 1. The summed E-state index contributed by atoms with van der Waals surface area (Å²) in [5.74, 6) is 0. The number of fused-ring (bicyclic) bond motifs is 1. The molecule has 0 amide bonds. The molecule has 3 nitrogen and oxygen atoms in total. The maximum absolute atomic E-state index is 5.60. The van der Waals surface area contributed by atoms with Gasteiger partial charge in [-0.3, -0.25) is 4.98 Å². The number of nitrogens with two attached hydrogens (primary N) is 1. The number of hydrogen-bond acceptors (Lipinski definition) is 2. The molecule has 2 aromatic rings. The summed E-state index contributed by atoms with van der Waals surface area (Å²) in [7, 11) is 0. The Bertz CT molecular complexity index is 350. The summed E-state index contributed by atoms with van der Waals surface area (Å²) in [6.45, 7) is 0. The fourth-order valence-corrected chi connectivity index (χ4v) is 0.984. The number of nitrogens with zero attached hydrogens (tertiary/aromatic N) is 1. The average molecular weight is 133 g/mol. The van der Waals surface area contributed by atoms with Crippen LogP contribution in [0.3, 0.4) is 0 Å². The fraction of sp³-hybridized carbons (Fsp3) is 0. The predicted molar refractivity (Wildman–Crippen MR) is 40.5 cm³/mol. The van der Waals surface area contributed by atoms with Gasteiger partial charge in [-0.2, -0.15) is 0 Å².